The zero-order chi connectivity index (χ0) is 12.8. The second-order valence-corrected chi connectivity index (χ2v) is 4.51. The van der Waals surface area contributed by atoms with Gasteiger partial charge in [-0.3, -0.25) is 10.1 Å². The molecule has 1 N–H and O–H groups in total. The fourth-order valence-corrected chi connectivity index (χ4v) is 1.89. The standard InChI is InChI=1S/C12H15BrN2O2/c1-3-9(8-14-2)6-10-4-5-11(13)12(7-10)15(16)17/h4-7,14H,3,8H2,1-2H3. The molecule has 92 valence electrons. The molecular formula is C12H15BrN2O2. The maximum Gasteiger partial charge on any atom is 0.284 e. The van der Waals surface area contributed by atoms with Gasteiger partial charge in [-0.25, -0.2) is 0 Å². The molecule has 0 heterocycles. The molecule has 17 heavy (non-hydrogen) atoms. The van der Waals surface area contributed by atoms with E-state index in [-0.39, 0.29) is 10.6 Å². The summed E-state index contributed by atoms with van der Waals surface area (Å²) in [5.74, 6) is 0. The summed E-state index contributed by atoms with van der Waals surface area (Å²) in [5, 5.41) is 13.9. The van der Waals surface area contributed by atoms with Crippen LogP contribution in [0.15, 0.2) is 28.2 Å². The Labute approximate surface area is 109 Å². The lowest BCUT2D eigenvalue weighted by Crippen LogP contribution is -2.09. The van der Waals surface area contributed by atoms with E-state index in [2.05, 4.69) is 28.2 Å². The second kappa shape index (κ2) is 6.51. The molecule has 0 atom stereocenters. The summed E-state index contributed by atoms with van der Waals surface area (Å²) in [6.07, 6.45) is 2.90. The summed E-state index contributed by atoms with van der Waals surface area (Å²) >= 11 is 3.17. The van der Waals surface area contributed by atoms with Crippen molar-refractivity contribution in [3.63, 3.8) is 0 Å². The molecule has 0 unspecified atom stereocenters. The van der Waals surface area contributed by atoms with Gasteiger partial charge in [-0.1, -0.05) is 24.6 Å². The number of nitrogens with zero attached hydrogens (tertiary/aromatic N) is 1. The maximum atomic E-state index is 10.8. The smallest absolute Gasteiger partial charge is 0.284 e. The number of rotatable bonds is 5. The largest absolute Gasteiger partial charge is 0.316 e. The first kappa shape index (κ1) is 13.9. The highest BCUT2D eigenvalue weighted by molar-refractivity contribution is 9.10. The minimum absolute atomic E-state index is 0.0960. The Balaban J connectivity index is 3.07. The Hall–Kier alpha value is -1.20. The first-order chi connectivity index (χ1) is 8.08. The fraction of sp³-hybridized carbons (Fsp3) is 0.333. The monoisotopic (exact) mass is 298 g/mol. The highest BCUT2D eigenvalue weighted by atomic mass is 79.9. The van der Waals surface area contributed by atoms with Gasteiger partial charge in [0.2, 0.25) is 0 Å². The van der Waals surface area contributed by atoms with E-state index in [4.69, 9.17) is 0 Å². The molecule has 0 saturated carbocycles. The third-order valence-electron chi connectivity index (χ3n) is 2.40. The molecule has 0 aliphatic heterocycles. The minimum Gasteiger partial charge on any atom is -0.316 e. The fourth-order valence-electron chi connectivity index (χ4n) is 1.50. The average molecular weight is 299 g/mol. The Morgan fingerprint density at radius 3 is 2.82 bits per heavy atom. The highest BCUT2D eigenvalue weighted by Gasteiger charge is 2.11. The maximum absolute atomic E-state index is 10.8. The van der Waals surface area contributed by atoms with Gasteiger partial charge < -0.3 is 5.32 Å². The van der Waals surface area contributed by atoms with Crippen molar-refractivity contribution in [1.29, 1.82) is 0 Å². The van der Waals surface area contributed by atoms with Gasteiger partial charge in [-0.05, 0) is 41.0 Å². The summed E-state index contributed by atoms with van der Waals surface area (Å²) < 4.78 is 0.506. The van der Waals surface area contributed by atoms with Crippen LogP contribution in [0.2, 0.25) is 0 Å². The van der Waals surface area contributed by atoms with Crippen molar-refractivity contribution in [2.75, 3.05) is 13.6 Å². The first-order valence-electron chi connectivity index (χ1n) is 5.36. The second-order valence-electron chi connectivity index (χ2n) is 3.65. The van der Waals surface area contributed by atoms with Gasteiger partial charge >= 0.3 is 0 Å². The molecule has 0 radical (unpaired) electrons. The SMILES string of the molecule is CCC(=Cc1ccc(Br)c([N+](=O)[O-])c1)CNC. The summed E-state index contributed by atoms with van der Waals surface area (Å²) in [5.41, 5.74) is 2.16. The molecule has 0 aliphatic carbocycles. The number of likely N-dealkylation sites (N-methyl/N-ethyl adjacent to an activating group) is 1. The molecule has 0 aliphatic rings. The molecule has 5 heteroatoms. The third-order valence-corrected chi connectivity index (χ3v) is 3.07. The van der Waals surface area contributed by atoms with Crippen LogP contribution in [0.1, 0.15) is 18.9 Å². The number of hydrogen-bond donors (Lipinski definition) is 1. The summed E-state index contributed by atoms with van der Waals surface area (Å²) in [6.45, 7) is 2.86. The van der Waals surface area contributed by atoms with Crippen LogP contribution < -0.4 is 5.32 Å². The summed E-state index contributed by atoms with van der Waals surface area (Å²) in [6, 6.07) is 5.15. The van der Waals surface area contributed by atoms with Crippen molar-refractivity contribution in [1.82, 2.24) is 5.32 Å². The molecule has 0 fully saturated rings. The van der Waals surface area contributed by atoms with E-state index in [0.29, 0.717) is 4.47 Å². The summed E-state index contributed by atoms with van der Waals surface area (Å²) in [7, 11) is 1.88. The lowest BCUT2D eigenvalue weighted by atomic mass is 10.1. The molecule has 0 bridgehead atoms. The predicted octanol–water partition coefficient (Wildman–Crippen LogP) is 3.37. The molecule has 0 saturated heterocycles. The Morgan fingerprint density at radius 1 is 1.59 bits per heavy atom. The van der Waals surface area contributed by atoms with Gasteiger partial charge in [0.25, 0.3) is 5.69 Å². The van der Waals surface area contributed by atoms with Gasteiger partial charge in [-0.15, -0.1) is 0 Å². The number of nitro benzene ring substituents is 1. The van der Waals surface area contributed by atoms with Crippen LogP contribution in [0.5, 0.6) is 0 Å². The van der Waals surface area contributed by atoms with Crippen molar-refractivity contribution in [3.05, 3.63) is 43.9 Å². The van der Waals surface area contributed by atoms with E-state index in [1.165, 1.54) is 5.57 Å². The highest BCUT2D eigenvalue weighted by Crippen LogP contribution is 2.26. The van der Waals surface area contributed by atoms with Crippen LogP contribution in [0.25, 0.3) is 6.08 Å². The molecule has 1 aromatic carbocycles. The molecule has 0 amide bonds. The number of benzene rings is 1. The van der Waals surface area contributed by atoms with Gasteiger partial charge in [0, 0.05) is 12.6 Å². The molecule has 1 rings (SSSR count). The topological polar surface area (TPSA) is 55.2 Å². The van der Waals surface area contributed by atoms with Gasteiger partial charge in [0.15, 0.2) is 0 Å². The third kappa shape index (κ3) is 3.94. The quantitative estimate of drug-likeness (QED) is 0.670. The first-order valence-corrected chi connectivity index (χ1v) is 6.15. The van der Waals surface area contributed by atoms with Crippen LogP contribution >= 0.6 is 15.9 Å². The minimum atomic E-state index is -0.384. The van der Waals surface area contributed by atoms with Crippen LogP contribution in [0, 0.1) is 10.1 Å². The Kier molecular flexibility index (Phi) is 5.31. The van der Waals surface area contributed by atoms with Crippen molar-refractivity contribution in [2.45, 2.75) is 13.3 Å². The van der Waals surface area contributed by atoms with E-state index in [1.54, 1.807) is 12.1 Å². The van der Waals surface area contributed by atoms with Crippen molar-refractivity contribution < 1.29 is 4.92 Å². The van der Waals surface area contributed by atoms with E-state index >= 15 is 0 Å². The van der Waals surface area contributed by atoms with Crippen molar-refractivity contribution >= 4 is 27.7 Å². The molecule has 1 aromatic rings. The zero-order valence-electron chi connectivity index (χ0n) is 9.87. The van der Waals surface area contributed by atoms with Crippen molar-refractivity contribution in [2.24, 2.45) is 0 Å². The van der Waals surface area contributed by atoms with Crippen molar-refractivity contribution in [3.8, 4) is 0 Å². The number of nitro groups is 1. The lowest BCUT2D eigenvalue weighted by molar-refractivity contribution is -0.385. The Bertz CT molecular complexity index is 444. The van der Waals surface area contributed by atoms with E-state index in [9.17, 15) is 10.1 Å². The van der Waals surface area contributed by atoms with Crippen LogP contribution in [0.3, 0.4) is 0 Å². The van der Waals surface area contributed by atoms with Gasteiger partial charge in [0.1, 0.15) is 0 Å². The molecule has 0 aromatic heterocycles. The van der Waals surface area contributed by atoms with Gasteiger partial charge in [-0.2, -0.15) is 0 Å². The average Bonchev–Trinajstić information content (AvgIpc) is 2.30. The van der Waals surface area contributed by atoms with Crippen LogP contribution in [0.4, 0.5) is 5.69 Å². The summed E-state index contributed by atoms with van der Waals surface area (Å²) in [4.78, 5) is 10.4. The lowest BCUT2D eigenvalue weighted by Gasteiger charge is -2.04. The van der Waals surface area contributed by atoms with E-state index < -0.39 is 0 Å². The normalized spacial score (nSPS) is 11.6. The molecule has 4 nitrogen and oxygen atoms in total. The van der Waals surface area contributed by atoms with Crippen LogP contribution in [-0.2, 0) is 0 Å². The number of nitrogens with one attached hydrogen (secondary N) is 1. The van der Waals surface area contributed by atoms with Crippen LogP contribution in [-0.4, -0.2) is 18.5 Å². The van der Waals surface area contributed by atoms with E-state index in [1.807, 2.05) is 19.2 Å². The zero-order valence-corrected chi connectivity index (χ0v) is 11.5. The Morgan fingerprint density at radius 2 is 2.29 bits per heavy atom. The number of hydrogen-bond acceptors (Lipinski definition) is 3. The number of halogens is 1. The molecular weight excluding hydrogens is 284 g/mol. The predicted molar refractivity (Wildman–Crippen MR) is 73.0 cm³/mol. The van der Waals surface area contributed by atoms with E-state index in [0.717, 1.165) is 18.5 Å². The van der Waals surface area contributed by atoms with Gasteiger partial charge in [0.05, 0.1) is 9.40 Å². The molecule has 0 spiro atoms.